The highest BCUT2D eigenvalue weighted by molar-refractivity contribution is 6.03. The lowest BCUT2D eigenvalue weighted by Crippen LogP contribution is -1.96. The Morgan fingerprint density at radius 1 is 1.19 bits per heavy atom. The maximum atomic E-state index is 12.8. The fourth-order valence-corrected chi connectivity index (χ4v) is 2.17. The second-order valence-corrected chi connectivity index (χ2v) is 4.61. The average molecular weight is 285 g/mol. The third-order valence-electron chi connectivity index (χ3n) is 3.16. The van der Waals surface area contributed by atoms with Crippen LogP contribution in [0.2, 0.25) is 0 Å². The summed E-state index contributed by atoms with van der Waals surface area (Å²) in [6.07, 6.45) is 0. The van der Waals surface area contributed by atoms with Gasteiger partial charge in [-0.15, -0.1) is 0 Å². The molecule has 2 aromatic carbocycles. The van der Waals surface area contributed by atoms with Gasteiger partial charge in [-0.1, -0.05) is 6.07 Å². The van der Waals surface area contributed by atoms with E-state index in [1.165, 1.54) is 12.1 Å². The van der Waals surface area contributed by atoms with Crippen molar-refractivity contribution < 1.29 is 19.0 Å². The molecule has 0 bridgehead atoms. The van der Waals surface area contributed by atoms with Gasteiger partial charge in [0.2, 0.25) is 0 Å². The first-order valence-corrected chi connectivity index (χ1v) is 6.36. The number of nitrogens with one attached hydrogen (secondary N) is 1. The second-order valence-electron chi connectivity index (χ2n) is 4.61. The molecule has 0 saturated heterocycles. The Morgan fingerprint density at radius 3 is 2.67 bits per heavy atom. The maximum absolute atomic E-state index is 12.8. The van der Waals surface area contributed by atoms with E-state index >= 15 is 0 Å². The van der Waals surface area contributed by atoms with Crippen molar-refractivity contribution in [1.82, 2.24) is 4.98 Å². The zero-order chi connectivity index (χ0) is 14.8. The smallest absolute Gasteiger partial charge is 0.336 e. The van der Waals surface area contributed by atoms with Gasteiger partial charge in [0.15, 0.2) is 0 Å². The Bertz CT molecular complexity index is 793. The summed E-state index contributed by atoms with van der Waals surface area (Å²) in [5.74, 6) is -0.738. The van der Waals surface area contributed by atoms with E-state index < -0.39 is 5.97 Å². The van der Waals surface area contributed by atoms with Crippen LogP contribution >= 0.6 is 0 Å². The van der Waals surface area contributed by atoms with Crippen LogP contribution in [0.1, 0.15) is 16.1 Å². The van der Waals surface area contributed by atoms with Gasteiger partial charge in [-0.25, -0.2) is 9.18 Å². The summed E-state index contributed by atoms with van der Waals surface area (Å²) in [6, 6.07) is 12.5. The van der Waals surface area contributed by atoms with Gasteiger partial charge >= 0.3 is 5.97 Å². The largest absolute Gasteiger partial charge is 0.487 e. The van der Waals surface area contributed by atoms with Gasteiger partial charge in [-0.2, -0.15) is 0 Å². The zero-order valence-electron chi connectivity index (χ0n) is 11.0. The van der Waals surface area contributed by atoms with Crippen LogP contribution in [0.25, 0.3) is 10.9 Å². The fourth-order valence-electron chi connectivity index (χ4n) is 2.17. The molecule has 0 aliphatic carbocycles. The van der Waals surface area contributed by atoms with E-state index in [0.717, 1.165) is 11.2 Å². The lowest BCUT2D eigenvalue weighted by molar-refractivity contribution is 0.0699. The van der Waals surface area contributed by atoms with Gasteiger partial charge in [0.25, 0.3) is 0 Å². The standard InChI is InChI=1S/C16H12FNO3/c17-10-4-6-12(7-5-10)21-9-11-8-14-13(16(19)20)2-1-3-15(14)18-11/h1-8,18H,9H2,(H,19,20). The molecule has 1 aromatic heterocycles. The first-order valence-electron chi connectivity index (χ1n) is 6.36. The SMILES string of the molecule is O=C(O)c1cccc2[nH]c(COc3ccc(F)cc3)cc12. The molecule has 0 radical (unpaired) electrons. The summed E-state index contributed by atoms with van der Waals surface area (Å²) in [7, 11) is 0. The minimum Gasteiger partial charge on any atom is -0.487 e. The van der Waals surface area contributed by atoms with Crippen molar-refractivity contribution in [1.29, 1.82) is 0 Å². The number of carboxylic acids is 1. The molecule has 0 spiro atoms. The second kappa shape index (κ2) is 5.28. The summed E-state index contributed by atoms with van der Waals surface area (Å²) in [4.78, 5) is 14.3. The molecule has 3 aromatic rings. The number of H-pyrrole nitrogens is 1. The number of hydrogen-bond donors (Lipinski definition) is 2. The van der Waals surface area contributed by atoms with Crippen molar-refractivity contribution in [3.05, 3.63) is 65.6 Å². The molecule has 0 atom stereocenters. The number of benzene rings is 2. The van der Waals surface area contributed by atoms with E-state index in [1.54, 1.807) is 30.3 Å². The number of fused-ring (bicyclic) bond motifs is 1. The van der Waals surface area contributed by atoms with Gasteiger partial charge in [0, 0.05) is 10.9 Å². The van der Waals surface area contributed by atoms with Gasteiger partial charge in [-0.05, 0) is 42.5 Å². The number of aromatic nitrogens is 1. The molecule has 0 aliphatic rings. The summed E-state index contributed by atoms with van der Waals surface area (Å²) in [6.45, 7) is 0.249. The number of aromatic carboxylic acids is 1. The molecule has 0 saturated carbocycles. The number of carboxylic acid groups (broad SMARTS) is 1. The molecule has 0 unspecified atom stereocenters. The zero-order valence-corrected chi connectivity index (χ0v) is 11.0. The third kappa shape index (κ3) is 2.72. The number of hydrogen-bond acceptors (Lipinski definition) is 2. The van der Waals surface area contributed by atoms with Crippen LogP contribution < -0.4 is 4.74 Å². The molecular formula is C16H12FNO3. The van der Waals surface area contributed by atoms with Gasteiger partial charge in [0.05, 0.1) is 11.3 Å². The molecule has 5 heteroatoms. The van der Waals surface area contributed by atoms with Crippen molar-refractivity contribution in [3.8, 4) is 5.75 Å². The third-order valence-corrected chi connectivity index (χ3v) is 3.16. The predicted octanol–water partition coefficient (Wildman–Crippen LogP) is 3.58. The fraction of sp³-hybridized carbons (Fsp3) is 0.0625. The van der Waals surface area contributed by atoms with Crippen LogP contribution in [0, 0.1) is 5.82 Å². The number of ether oxygens (including phenoxy) is 1. The minimum atomic E-state index is -0.967. The maximum Gasteiger partial charge on any atom is 0.336 e. The summed E-state index contributed by atoms with van der Waals surface area (Å²) >= 11 is 0. The van der Waals surface area contributed by atoms with Crippen LogP contribution in [-0.2, 0) is 6.61 Å². The molecule has 4 nitrogen and oxygen atoms in total. The van der Waals surface area contributed by atoms with Gasteiger partial charge in [0.1, 0.15) is 18.2 Å². The first kappa shape index (κ1) is 13.2. The molecule has 3 rings (SSSR count). The van der Waals surface area contributed by atoms with Crippen molar-refractivity contribution in [2.75, 3.05) is 0 Å². The average Bonchev–Trinajstić information content (AvgIpc) is 2.89. The van der Waals surface area contributed by atoms with Crippen LogP contribution in [-0.4, -0.2) is 16.1 Å². The topological polar surface area (TPSA) is 62.3 Å². The molecule has 106 valence electrons. The molecule has 0 fully saturated rings. The number of rotatable bonds is 4. The molecule has 2 N–H and O–H groups in total. The number of aromatic amines is 1. The molecule has 1 heterocycles. The van der Waals surface area contributed by atoms with Crippen molar-refractivity contribution in [2.24, 2.45) is 0 Å². The lowest BCUT2D eigenvalue weighted by Gasteiger charge is -2.03. The van der Waals surface area contributed by atoms with E-state index in [9.17, 15) is 9.18 Å². The highest BCUT2D eigenvalue weighted by atomic mass is 19.1. The van der Waals surface area contributed by atoms with E-state index in [-0.39, 0.29) is 18.0 Å². The Morgan fingerprint density at radius 2 is 1.95 bits per heavy atom. The monoisotopic (exact) mass is 285 g/mol. The summed E-state index contributed by atoms with van der Waals surface area (Å²) < 4.78 is 18.3. The number of halogens is 1. The molecule has 21 heavy (non-hydrogen) atoms. The summed E-state index contributed by atoms with van der Waals surface area (Å²) in [5.41, 5.74) is 1.74. The van der Waals surface area contributed by atoms with Crippen molar-refractivity contribution >= 4 is 16.9 Å². The quantitative estimate of drug-likeness (QED) is 0.770. The van der Waals surface area contributed by atoms with Gasteiger partial charge in [-0.3, -0.25) is 0 Å². The predicted molar refractivity (Wildman–Crippen MR) is 76.0 cm³/mol. The van der Waals surface area contributed by atoms with E-state index in [0.29, 0.717) is 11.1 Å². The van der Waals surface area contributed by atoms with Gasteiger partial charge < -0.3 is 14.8 Å². The Labute approximate surface area is 119 Å². The van der Waals surface area contributed by atoms with Crippen molar-refractivity contribution in [2.45, 2.75) is 6.61 Å². The van der Waals surface area contributed by atoms with Crippen LogP contribution in [0.15, 0.2) is 48.5 Å². The Hall–Kier alpha value is -2.82. The molecule has 0 aliphatic heterocycles. The van der Waals surface area contributed by atoms with Crippen LogP contribution in [0.5, 0.6) is 5.75 Å². The van der Waals surface area contributed by atoms with Crippen LogP contribution in [0.3, 0.4) is 0 Å². The molecular weight excluding hydrogens is 273 g/mol. The normalized spacial score (nSPS) is 10.7. The summed E-state index contributed by atoms with van der Waals surface area (Å²) in [5, 5.41) is 9.79. The van der Waals surface area contributed by atoms with Crippen molar-refractivity contribution in [3.63, 3.8) is 0 Å². The Balaban J connectivity index is 1.83. The molecule has 0 amide bonds. The minimum absolute atomic E-state index is 0.247. The lowest BCUT2D eigenvalue weighted by atomic mass is 10.1. The number of carbonyl (C=O) groups is 1. The Kier molecular flexibility index (Phi) is 3.31. The highest BCUT2D eigenvalue weighted by Gasteiger charge is 2.10. The van der Waals surface area contributed by atoms with E-state index in [2.05, 4.69) is 4.98 Å². The first-order chi connectivity index (χ1) is 10.1. The van der Waals surface area contributed by atoms with E-state index in [4.69, 9.17) is 9.84 Å². The van der Waals surface area contributed by atoms with E-state index in [1.807, 2.05) is 6.07 Å². The van der Waals surface area contributed by atoms with Crippen LogP contribution in [0.4, 0.5) is 4.39 Å². The highest BCUT2D eigenvalue weighted by Crippen LogP contribution is 2.21.